The molecule has 0 aromatic carbocycles. The highest BCUT2D eigenvalue weighted by Gasteiger charge is 2.34. The van der Waals surface area contributed by atoms with E-state index in [1.807, 2.05) is 14.7 Å². The van der Waals surface area contributed by atoms with Gasteiger partial charge in [0.2, 0.25) is 5.91 Å². The van der Waals surface area contributed by atoms with E-state index in [1.165, 1.54) is 0 Å². The fourth-order valence-electron chi connectivity index (χ4n) is 4.55. The van der Waals surface area contributed by atoms with E-state index in [0.29, 0.717) is 19.5 Å². The van der Waals surface area contributed by atoms with E-state index in [4.69, 9.17) is 5.11 Å². The number of hydrogen-bond donors (Lipinski definition) is 1. The van der Waals surface area contributed by atoms with Gasteiger partial charge in [-0.15, -0.1) is 0 Å². The number of aliphatic carboxylic acids is 1. The normalized spacial score (nSPS) is 26.8. The Morgan fingerprint density at radius 3 is 2.19 bits per heavy atom. The van der Waals surface area contributed by atoms with Gasteiger partial charge in [0.15, 0.2) is 0 Å². The topological polar surface area (TPSA) is 81.2 Å². The van der Waals surface area contributed by atoms with Crippen molar-refractivity contribution in [2.45, 2.75) is 51.4 Å². The van der Waals surface area contributed by atoms with Crippen molar-refractivity contribution in [3.8, 4) is 0 Å². The van der Waals surface area contributed by atoms with Crippen LogP contribution in [0.15, 0.2) is 0 Å². The number of likely N-dealkylation sites (tertiary alicyclic amines) is 3. The summed E-state index contributed by atoms with van der Waals surface area (Å²) >= 11 is 0. The number of carboxylic acids is 1. The van der Waals surface area contributed by atoms with Gasteiger partial charge in [-0.1, -0.05) is 0 Å². The number of rotatable bonds is 4. The molecule has 3 aliphatic heterocycles. The van der Waals surface area contributed by atoms with E-state index in [9.17, 15) is 14.4 Å². The fraction of sp³-hybridized carbons (Fsp3) is 0.842. The second-order valence-electron chi connectivity index (χ2n) is 7.99. The first kappa shape index (κ1) is 19.0. The van der Waals surface area contributed by atoms with Crippen molar-refractivity contribution in [2.75, 3.05) is 39.3 Å². The van der Waals surface area contributed by atoms with Crippen molar-refractivity contribution < 1.29 is 19.5 Å². The lowest BCUT2D eigenvalue weighted by atomic mass is 9.91. The first-order chi connectivity index (χ1) is 12.5. The monoisotopic (exact) mass is 365 g/mol. The number of carbonyl (C=O) groups excluding carboxylic acids is 2. The molecule has 2 atom stereocenters. The first-order valence-corrected chi connectivity index (χ1v) is 10.1. The smallest absolute Gasteiger partial charge is 0.320 e. The molecule has 0 bridgehead atoms. The maximum absolute atomic E-state index is 13.0. The Labute approximate surface area is 155 Å². The highest BCUT2D eigenvalue weighted by Crippen LogP contribution is 2.26. The van der Waals surface area contributed by atoms with Crippen molar-refractivity contribution in [1.82, 2.24) is 14.7 Å². The summed E-state index contributed by atoms with van der Waals surface area (Å²) in [6.45, 7) is 4.39. The Morgan fingerprint density at radius 1 is 0.808 bits per heavy atom. The minimum Gasteiger partial charge on any atom is -0.481 e. The van der Waals surface area contributed by atoms with Crippen LogP contribution in [-0.4, -0.2) is 77.0 Å². The average Bonchev–Trinajstić information content (AvgIpc) is 3.20. The molecule has 0 radical (unpaired) electrons. The molecule has 7 heteroatoms. The standard InChI is InChI=1S/C19H31N3O4/c23-17(24)8-7-15-5-3-11-21(13-15)18(25)16-6-4-12-22(14-16)19(26)20-9-1-2-10-20/h15-16H,1-14H2,(H,23,24). The van der Waals surface area contributed by atoms with E-state index >= 15 is 0 Å². The molecule has 0 saturated carbocycles. The Morgan fingerprint density at radius 2 is 1.46 bits per heavy atom. The lowest BCUT2D eigenvalue weighted by Crippen LogP contribution is -2.51. The number of amides is 3. The molecule has 3 amide bonds. The molecule has 3 rings (SSSR count). The van der Waals surface area contributed by atoms with Gasteiger partial charge in [-0.25, -0.2) is 4.79 Å². The quantitative estimate of drug-likeness (QED) is 0.826. The third kappa shape index (κ3) is 4.68. The summed E-state index contributed by atoms with van der Waals surface area (Å²) in [4.78, 5) is 42.1. The Bertz CT molecular complexity index is 533. The second kappa shape index (κ2) is 8.73. The van der Waals surface area contributed by atoms with Gasteiger partial charge >= 0.3 is 12.0 Å². The maximum atomic E-state index is 13.0. The van der Waals surface area contributed by atoms with Crippen LogP contribution in [0.1, 0.15) is 51.4 Å². The Hall–Kier alpha value is -1.79. The van der Waals surface area contributed by atoms with E-state index in [1.54, 1.807) is 0 Å². The number of hydrogen-bond acceptors (Lipinski definition) is 3. The van der Waals surface area contributed by atoms with Gasteiger partial charge in [0, 0.05) is 45.7 Å². The number of piperidine rings is 2. The maximum Gasteiger partial charge on any atom is 0.320 e. The number of urea groups is 1. The number of carboxylic acid groups (broad SMARTS) is 1. The molecule has 3 aliphatic rings. The van der Waals surface area contributed by atoms with E-state index in [2.05, 4.69) is 0 Å². The van der Waals surface area contributed by atoms with Crippen LogP contribution in [0.5, 0.6) is 0 Å². The summed E-state index contributed by atoms with van der Waals surface area (Å²) in [5.41, 5.74) is 0. The van der Waals surface area contributed by atoms with Crippen LogP contribution in [-0.2, 0) is 9.59 Å². The first-order valence-electron chi connectivity index (χ1n) is 10.1. The van der Waals surface area contributed by atoms with Crippen molar-refractivity contribution in [3.63, 3.8) is 0 Å². The lowest BCUT2D eigenvalue weighted by molar-refractivity contribution is -0.139. The molecule has 146 valence electrons. The van der Waals surface area contributed by atoms with Crippen molar-refractivity contribution in [2.24, 2.45) is 11.8 Å². The van der Waals surface area contributed by atoms with Gasteiger partial charge in [0.1, 0.15) is 0 Å². The van der Waals surface area contributed by atoms with E-state index in [0.717, 1.165) is 64.7 Å². The van der Waals surface area contributed by atoms with Crippen LogP contribution in [0.2, 0.25) is 0 Å². The Balaban J connectivity index is 1.53. The van der Waals surface area contributed by atoms with Crippen molar-refractivity contribution >= 4 is 17.9 Å². The number of carbonyl (C=O) groups is 3. The predicted molar refractivity (Wildman–Crippen MR) is 96.7 cm³/mol. The highest BCUT2D eigenvalue weighted by molar-refractivity contribution is 5.81. The zero-order chi connectivity index (χ0) is 18.5. The van der Waals surface area contributed by atoms with E-state index < -0.39 is 5.97 Å². The molecule has 0 spiro atoms. The zero-order valence-corrected chi connectivity index (χ0v) is 15.6. The van der Waals surface area contributed by atoms with Gasteiger partial charge < -0.3 is 19.8 Å². The van der Waals surface area contributed by atoms with Crippen LogP contribution in [0.4, 0.5) is 4.79 Å². The molecule has 3 heterocycles. The number of nitrogens with zero attached hydrogens (tertiary/aromatic N) is 3. The van der Waals surface area contributed by atoms with Crippen LogP contribution < -0.4 is 0 Å². The molecule has 3 fully saturated rings. The summed E-state index contributed by atoms with van der Waals surface area (Å²) in [7, 11) is 0. The molecule has 26 heavy (non-hydrogen) atoms. The summed E-state index contributed by atoms with van der Waals surface area (Å²) in [6, 6.07) is 0.0954. The van der Waals surface area contributed by atoms with Gasteiger partial charge in [-0.3, -0.25) is 9.59 Å². The summed E-state index contributed by atoms with van der Waals surface area (Å²) in [6.07, 6.45) is 6.64. The van der Waals surface area contributed by atoms with Crippen LogP contribution >= 0.6 is 0 Å². The zero-order valence-electron chi connectivity index (χ0n) is 15.6. The minimum absolute atomic E-state index is 0.0954. The molecule has 1 N–H and O–H groups in total. The van der Waals surface area contributed by atoms with Crippen LogP contribution in [0.25, 0.3) is 0 Å². The second-order valence-corrected chi connectivity index (χ2v) is 7.99. The van der Waals surface area contributed by atoms with Crippen molar-refractivity contribution in [1.29, 1.82) is 0 Å². The minimum atomic E-state index is -0.767. The lowest BCUT2D eigenvalue weighted by Gasteiger charge is -2.39. The SMILES string of the molecule is O=C(O)CCC1CCCN(C(=O)C2CCCN(C(=O)N3CCCC3)C2)C1. The van der Waals surface area contributed by atoms with Crippen LogP contribution in [0, 0.1) is 11.8 Å². The Kier molecular flexibility index (Phi) is 6.38. The van der Waals surface area contributed by atoms with Gasteiger partial charge in [-0.2, -0.15) is 0 Å². The third-order valence-corrected chi connectivity index (χ3v) is 6.01. The third-order valence-electron chi connectivity index (χ3n) is 6.01. The molecule has 2 unspecified atom stereocenters. The summed E-state index contributed by atoms with van der Waals surface area (Å²) < 4.78 is 0. The van der Waals surface area contributed by atoms with Crippen LogP contribution in [0.3, 0.4) is 0 Å². The summed E-state index contributed by atoms with van der Waals surface area (Å²) in [5, 5.41) is 8.87. The molecule has 7 nitrogen and oxygen atoms in total. The average molecular weight is 365 g/mol. The molecule has 0 aromatic heterocycles. The molecule has 0 aliphatic carbocycles. The van der Waals surface area contributed by atoms with Gasteiger partial charge in [-0.05, 0) is 50.9 Å². The highest BCUT2D eigenvalue weighted by atomic mass is 16.4. The van der Waals surface area contributed by atoms with Crippen molar-refractivity contribution in [3.05, 3.63) is 0 Å². The fourth-order valence-corrected chi connectivity index (χ4v) is 4.55. The summed E-state index contributed by atoms with van der Waals surface area (Å²) in [5.74, 6) is -0.427. The molecular weight excluding hydrogens is 334 g/mol. The predicted octanol–water partition coefficient (Wildman–Crippen LogP) is 2.02. The molecule has 0 aromatic rings. The molecule has 3 saturated heterocycles. The largest absolute Gasteiger partial charge is 0.481 e. The molecular formula is C19H31N3O4. The van der Waals surface area contributed by atoms with Gasteiger partial charge in [0.05, 0.1) is 5.92 Å². The van der Waals surface area contributed by atoms with E-state index in [-0.39, 0.29) is 30.2 Å². The van der Waals surface area contributed by atoms with Gasteiger partial charge in [0.25, 0.3) is 0 Å².